The van der Waals surface area contributed by atoms with E-state index < -0.39 is 0 Å². The van der Waals surface area contributed by atoms with E-state index in [-0.39, 0.29) is 5.91 Å². The summed E-state index contributed by atoms with van der Waals surface area (Å²) in [5.74, 6) is 0.312. The summed E-state index contributed by atoms with van der Waals surface area (Å²) in [5.41, 5.74) is 0. The molecule has 2 N–H and O–H groups in total. The molecule has 0 spiro atoms. The normalized spacial score (nSPS) is 9.86. The number of anilines is 1. The fourth-order valence-electron chi connectivity index (χ4n) is 0.827. The fraction of sp³-hybridized carbons (Fsp3) is 0.375. The molecule has 0 aliphatic carbocycles. The van der Waals surface area contributed by atoms with Gasteiger partial charge in [-0.3, -0.25) is 4.79 Å². The quantitative estimate of drug-likeness (QED) is 0.774. The molecule has 0 radical (unpaired) electrons. The Morgan fingerprint density at radius 1 is 1.50 bits per heavy atom. The molecular weight excluding hydrogens is 204 g/mol. The van der Waals surface area contributed by atoms with Crippen LogP contribution in [0.2, 0.25) is 5.15 Å². The number of rotatable bonds is 4. The molecule has 0 aliphatic rings. The van der Waals surface area contributed by atoms with E-state index in [4.69, 9.17) is 11.6 Å². The lowest BCUT2D eigenvalue weighted by Gasteiger charge is -2.02. The second kappa shape index (κ2) is 5.51. The molecule has 6 heteroatoms. The smallest absolute Gasteiger partial charge is 0.226 e. The van der Waals surface area contributed by atoms with Gasteiger partial charge in [0.15, 0.2) is 11.0 Å². The Bertz CT molecular complexity index is 301. The molecule has 76 valence electrons. The van der Waals surface area contributed by atoms with E-state index >= 15 is 0 Å². The van der Waals surface area contributed by atoms with Crippen molar-refractivity contribution >= 4 is 23.3 Å². The van der Waals surface area contributed by atoms with Crippen molar-refractivity contribution in [2.24, 2.45) is 0 Å². The molecule has 5 nitrogen and oxygen atoms in total. The maximum absolute atomic E-state index is 11.2. The molecule has 0 saturated carbocycles. The average Bonchev–Trinajstić information content (AvgIpc) is 2.18. The number of hydrogen-bond acceptors (Lipinski definition) is 4. The Hall–Kier alpha value is -1.20. The van der Waals surface area contributed by atoms with Crippen LogP contribution in [0.1, 0.15) is 6.42 Å². The van der Waals surface area contributed by atoms with Gasteiger partial charge in [0.2, 0.25) is 5.91 Å². The molecule has 1 aromatic rings. The van der Waals surface area contributed by atoms with Gasteiger partial charge >= 0.3 is 0 Å². The van der Waals surface area contributed by atoms with Gasteiger partial charge in [-0.1, -0.05) is 11.6 Å². The molecule has 1 amide bonds. The van der Waals surface area contributed by atoms with Crippen molar-refractivity contribution in [1.29, 1.82) is 0 Å². The molecule has 1 heterocycles. The van der Waals surface area contributed by atoms with Gasteiger partial charge in [0.1, 0.15) is 0 Å². The van der Waals surface area contributed by atoms with Gasteiger partial charge in [0, 0.05) is 13.0 Å². The van der Waals surface area contributed by atoms with Crippen molar-refractivity contribution in [3.8, 4) is 0 Å². The minimum absolute atomic E-state index is 0.101. The minimum Gasteiger partial charge on any atom is -0.319 e. The van der Waals surface area contributed by atoms with E-state index in [1.165, 1.54) is 0 Å². The summed E-state index contributed by atoms with van der Waals surface area (Å²) in [7, 11) is 1.79. The highest BCUT2D eigenvalue weighted by atomic mass is 35.5. The molecule has 0 bridgehead atoms. The van der Waals surface area contributed by atoms with E-state index in [0.29, 0.717) is 23.9 Å². The van der Waals surface area contributed by atoms with Crippen LogP contribution in [-0.4, -0.2) is 29.7 Å². The molecule has 0 unspecified atom stereocenters. The maximum atomic E-state index is 11.2. The number of nitrogens with zero attached hydrogens (tertiary/aromatic N) is 2. The van der Waals surface area contributed by atoms with Gasteiger partial charge in [-0.2, -0.15) is 0 Å². The van der Waals surface area contributed by atoms with Crippen LogP contribution in [0.25, 0.3) is 0 Å². The summed E-state index contributed by atoms with van der Waals surface area (Å²) in [6.07, 6.45) is 0.404. The van der Waals surface area contributed by atoms with Gasteiger partial charge in [0.05, 0.1) is 0 Å². The first kappa shape index (κ1) is 10.9. The van der Waals surface area contributed by atoms with Crippen LogP contribution in [-0.2, 0) is 4.79 Å². The third-order valence-electron chi connectivity index (χ3n) is 1.50. The van der Waals surface area contributed by atoms with E-state index in [2.05, 4.69) is 20.8 Å². The van der Waals surface area contributed by atoms with Crippen molar-refractivity contribution in [3.63, 3.8) is 0 Å². The second-order valence-electron chi connectivity index (χ2n) is 2.64. The van der Waals surface area contributed by atoms with Crippen LogP contribution < -0.4 is 10.6 Å². The van der Waals surface area contributed by atoms with Crippen molar-refractivity contribution < 1.29 is 4.79 Å². The summed E-state index contributed by atoms with van der Waals surface area (Å²) in [5, 5.41) is 13.1. The zero-order valence-corrected chi connectivity index (χ0v) is 8.51. The zero-order valence-electron chi connectivity index (χ0n) is 7.75. The van der Waals surface area contributed by atoms with Crippen LogP contribution >= 0.6 is 11.6 Å². The molecule has 0 aromatic carbocycles. The largest absolute Gasteiger partial charge is 0.319 e. The van der Waals surface area contributed by atoms with Crippen LogP contribution in [0.3, 0.4) is 0 Å². The molecular formula is C8H11ClN4O. The summed E-state index contributed by atoms with van der Waals surface area (Å²) in [6.45, 7) is 0.632. The lowest BCUT2D eigenvalue weighted by atomic mass is 10.4. The standard InChI is InChI=1S/C8H11ClN4O/c1-10-5-4-8(14)11-7-3-2-6(9)12-13-7/h2-3,10H,4-5H2,1H3,(H,11,13,14). The lowest BCUT2D eigenvalue weighted by molar-refractivity contribution is -0.116. The van der Waals surface area contributed by atoms with Gasteiger partial charge in [-0.05, 0) is 19.2 Å². The SMILES string of the molecule is CNCCC(=O)Nc1ccc(Cl)nn1. The second-order valence-corrected chi connectivity index (χ2v) is 3.03. The number of carbonyl (C=O) groups is 1. The van der Waals surface area contributed by atoms with Crippen LogP contribution in [0.4, 0.5) is 5.82 Å². The lowest BCUT2D eigenvalue weighted by Crippen LogP contribution is -2.19. The van der Waals surface area contributed by atoms with Crippen LogP contribution in [0, 0.1) is 0 Å². The first-order chi connectivity index (χ1) is 6.72. The first-order valence-electron chi connectivity index (χ1n) is 4.16. The molecule has 0 saturated heterocycles. The predicted molar refractivity (Wildman–Crippen MR) is 54.2 cm³/mol. The molecule has 14 heavy (non-hydrogen) atoms. The summed E-state index contributed by atoms with van der Waals surface area (Å²) < 4.78 is 0. The van der Waals surface area contributed by atoms with E-state index in [9.17, 15) is 4.79 Å². The van der Waals surface area contributed by atoms with Gasteiger partial charge < -0.3 is 10.6 Å². The van der Waals surface area contributed by atoms with E-state index in [0.717, 1.165) is 0 Å². The van der Waals surface area contributed by atoms with E-state index in [1.54, 1.807) is 19.2 Å². The van der Waals surface area contributed by atoms with Crippen LogP contribution in [0.15, 0.2) is 12.1 Å². The Morgan fingerprint density at radius 2 is 2.29 bits per heavy atom. The Balaban J connectivity index is 2.44. The zero-order chi connectivity index (χ0) is 10.4. The number of carbonyl (C=O) groups excluding carboxylic acids is 1. The molecule has 1 aromatic heterocycles. The van der Waals surface area contributed by atoms with Crippen molar-refractivity contribution in [3.05, 3.63) is 17.3 Å². The number of nitrogens with one attached hydrogen (secondary N) is 2. The third-order valence-corrected chi connectivity index (χ3v) is 1.70. The Labute approximate surface area is 86.9 Å². The molecule has 0 atom stereocenters. The number of hydrogen-bond donors (Lipinski definition) is 2. The monoisotopic (exact) mass is 214 g/mol. The topological polar surface area (TPSA) is 66.9 Å². The van der Waals surface area contributed by atoms with Crippen molar-refractivity contribution in [2.45, 2.75) is 6.42 Å². The maximum Gasteiger partial charge on any atom is 0.226 e. The summed E-state index contributed by atoms with van der Waals surface area (Å²) >= 11 is 5.54. The van der Waals surface area contributed by atoms with Crippen LogP contribution in [0.5, 0.6) is 0 Å². The highest BCUT2D eigenvalue weighted by Gasteiger charge is 2.02. The van der Waals surface area contributed by atoms with Gasteiger partial charge in [0.25, 0.3) is 0 Å². The number of halogens is 1. The Morgan fingerprint density at radius 3 is 2.86 bits per heavy atom. The predicted octanol–water partition coefficient (Wildman–Crippen LogP) is 0.678. The fourth-order valence-corrected chi connectivity index (χ4v) is 0.927. The Kier molecular flexibility index (Phi) is 4.28. The average molecular weight is 215 g/mol. The van der Waals surface area contributed by atoms with Gasteiger partial charge in [-0.25, -0.2) is 0 Å². The first-order valence-corrected chi connectivity index (χ1v) is 4.54. The van der Waals surface area contributed by atoms with E-state index in [1.807, 2.05) is 0 Å². The third kappa shape index (κ3) is 3.68. The van der Waals surface area contributed by atoms with Gasteiger partial charge in [-0.15, -0.1) is 10.2 Å². The number of amides is 1. The molecule has 0 fully saturated rings. The molecule has 0 aliphatic heterocycles. The summed E-state index contributed by atoms with van der Waals surface area (Å²) in [4.78, 5) is 11.2. The highest BCUT2D eigenvalue weighted by Crippen LogP contribution is 2.05. The summed E-state index contributed by atoms with van der Waals surface area (Å²) in [6, 6.07) is 3.18. The minimum atomic E-state index is -0.101. The van der Waals surface area contributed by atoms with Crippen molar-refractivity contribution in [2.75, 3.05) is 18.9 Å². The highest BCUT2D eigenvalue weighted by molar-refractivity contribution is 6.29. The van der Waals surface area contributed by atoms with Crippen molar-refractivity contribution in [1.82, 2.24) is 15.5 Å². The number of aromatic nitrogens is 2. The molecule has 1 rings (SSSR count).